The topological polar surface area (TPSA) is 79.5 Å². The molecule has 6 nitrogen and oxygen atoms in total. The number of hydrogen-bond acceptors (Lipinski definition) is 4. The van der Waals surface area contributed by atoms with Gasteiger partial charge in [-0.2, -0.15) is 0 Å². The fourth-order valence-electron chi connectivity index (χ4n) is 1.75. The third-order valence-corrected chi connectivity index (χ3v) is 2.86. The van der Waals surface area contributed by atoms with Crippen molar-refractivity contribution >= 4 is 11.8 Å². The van der Waals surface area contributed by atoms with E-state index in [0.29, 0.717) is 13.2 Å². The monoisotopic (exact) mass is 293 g/mol. The molecule has 1 aromatic carbocycles. The molecule has 0 aliphatic heterocycles. The highest BCUT2D eigenvalue weighted by molar-refractivity contribution is 5.80. The van der Waals surface area contributed by atoms with Crippen LogP contribution in [0, 0.1) is 13.8 Å². The molecule has 21 heavy (non-hydrogen) atoms. The smallest absolute Gasteiger partial charge is 0.234 e. The second kappa shape index (κ2) is 8.97. The lowest BCUT2D eigenvalue weighted by molar-refractivity contribution is -0.121. The van der Waals surface area contributed by atoms with Gasteiger partial charge in [-0.3, -0.25) is 14.9 Å². The Kier molecular flexibility index (Phi) is 7.25. The second-order valence-electron chi connectivity index (χ2n) is 4.74. The molecular formula is C15H23N3O3. The number of rotatable bonds is 8. The van der Waals surface area contributed by atoms with Gasteiger partial charge in [0.2, 0.25) is 11.8 Å². The van der Waals surface area contributed by atoms with Gasteiger partial charge in [0, 0.05) is 7.05 Å². The molecule has 116 valence electrons. The van der Waals surface area contributed by atoms with Crippen LogP contribution in [-0.4, -0.2) is 45.1 Å². The minimum absolute atomic E-state index is 0.108. The van der Waals surface area contributed by atoms with E-state index in [9.17, 15) is 9.59 Å². The highest BCUT2D eigenvalue weighted by Gasteiger charge is 2.03. The lowest BCUT2D eigenvalue weighted by atomic mass is 10.1. The molecule has 0 atom stereocenters. The van der Waals surface area contributed by atoms with Gasteiger partial charge in [0.05, 0.1) is 19.6 Å². The Morgan fingerprint density at radius 1 is 1.14 bits per heavy atom. The van der Waals surface area contributed by atoms with Crippen LogP contribution in [0.4, 0.5) is 0 Å². The summed E-state index contributed by atoms with van der Waals surface area (Å²) in [6.07, 6.45) is 0. The van der Waals surface area contributed by atoms with Crippen molar-refractivity contribution in [2.24, 2.45) is 0 Å². The minimum atomic E-state index is -0.164. The van der Waals surface area contributed by atoms with Gasteiger partial charge in [-0.05, 0) is 25.5 Å². The summed E-state index contributed by atoms with van der Waals surface area (Å²) in [5, 5.41) is 7.93. The molecule has 0 radical (unpaired) electrons. The Bertz CT molecular complexity index is 489. The molecule has 0 aromatic heterocycles. The molecule has 0 heterocycles. The van der Waals surface area contributed by atoms with Gasteiger partial charge in [-0.25, -0.2) is 0 Å². The van der Waals surface area contributed by atoms with Crippen molar-refractivity contribution in [3.8, 4) is 5.75 Å². The van der Waals surface area contributed by atoms with E-state index >= 15 is 0 Å². The van der Waals surface area contributed by atoms with Crippen molar-refractivity contribution in [1.29, 1.82) is 0 Å². The van der Waals surface area contributed by atoms with Crippen LogP contribution in [0.2, 0.25) is 0 Å². The van der Waals surface area contributed by atoms with Gasteiger partial charge < -0.3 is 15.4 Å². The largest absolute Gasteiger partial charge is 0.491 e. The zero-order chi connectivity index (χ0) is 15.7. The van der Waals surface area contributed by atoms with Crippen LogP contribution in [0.1, 0.15) is 11.1 Å². The number of benzene rings is 1. The van der Waals surface area contributed by atoms with Gasteiger partial charge in [-0.15, -0.1) is 0 Å². The predicted octanol–water partition coefficient (Wildman–Crippen LogP) is 0.134. The van der Waals surface area contributed by atoms with Gasteiger partial charge in [0.25, 0.3) is 0 Å². The molecule has 2 amide bonds. The van der Waals surface area contributed by atoms with Crippen molar-refractivity contribution in [1.82, 2.24) is 16.0 Å². The van der Waals surface area contributed by atoms with E-state index in [0.717, 1.165) is 11.3 Å². The highest BCUT2D eigenvalue weighted by Crippen LogP contribution is 2.18. The number of carbonyl (C=O) groups excluding carboxylic acids is 2. The average Bonchev–Trinajstić information content (AvgIpc) is 2.45. The summed E-state index contributed by atoms with van der Waals surface area (Å²) in [6.45, 7) is 5.09. The van der Waals surface area contributed by atoms with Crippen LogP contribution in [0.5, 0.6) is 5.75 Å². The van der Waals surface area contributed by atoms with Crippen molar-refractivity contribution in [3.05, 3.63) is 29.3 Å². The number of nitrogens with one attached hydrogen (secondary N) is 3. The van der Waals surface area contributed by atoms with Gasteiger partial charge in [0.15, 0.2) is 0 Å². The summed E-state index contributed by atoms with van der Waals surface area (Å²) in [7, 11) is 1.55. The molecule has 0 saturated carbocycles. The van der Waals surface area contributed by atoms with Crippen LogP contribution in [0.25, 0.3) is 0 Å². The van der Waals surface area contributed by atoms with Crippen LogP contribution in [0.3, 0.4) is 0 Å². The SMILES string of the molecule is CNC(=O)CNCC(=O)NCCOc1ccc(C)cc1C. The molecule has 6 heteroatoms. The molecule has 0 saturated heterocycles. The Labute approximate surface area is 125 Å². The standard InChI is InChI=1S/C15H23N3O3/c1-11-4-5-13(12(2)8-11)21-7-6-18-15(20)10-17-9-14(19)16-3/h4-5,8,17H,6-7,9-10H2,1-3H3,(H,16,19)(H,18,20). The number of amides is 2. The molecule has 0 aliphatic rings. The van der Waals surface area contributed by atoms with Crippen LogP contribution in [0.15, 0.2) is 18.2 Å². The maximum atomic E-state index is 11.5. The lowest BCUT2D eigenvalue weighted by Gasteiger charge is -2.10. The Balaban J connectivity index is 2.16. The molecule has 0 aliphatic carbocycles. The van der Waals surface area contributed by atoms with E-state index in [1.165, 1.54) is 5.56 Å². The van der Waals surface area contributed by atoms with Crippen molar-refractivity contribution in [2.75, 3.05) is 33.3 Å². The lowest BCUT2D eigenvalue weighted by Crippen LogP contribution is -2.39. The number of likely N-dealkylation sites (N-methyl/N-ethyl adjacent to an activating group) is 1. The maximum Gasteiger partial charge on any atom is 0.234 e. The average molecular weight is 293 g/mol. The second-order valence-corrected chi connectivity index (χ2v) is 4.74. The Hall–Kier alpha value is -2.08. The number of ether oxygens (including phenoxy) is 1. The van der Waals surface area contributed by atoms with Gasteiger partial charge >= 0.3 is 0 Å². The quantitative estimate of drug-likeness (QED) is 0.596. The maximum absolute atomic E-state index is 11.5. The first-order valence-electron chi connectivity index (χ1n) is 6.91. The number of aryl methyl sites for hydroxylation is 2. The zero-order valence-corrected chi connectivity index (χ0v) is 12.8. The third-order valence-electron chi connectivity index (χ3n) is 2.86. The summed E-state index contributed by atoms with van der Waals surface area (Å²) in [5.74, 6) is 0.511. The zero-order valence-electron chi connectivity index (χ0n) is 12.8. The van der Waals surface area contributed by atoms with E-state index in [4.69, 9.17) is 4.74 Å². The van der Waals surface area contributed by atoms with E-state index in [1.54, 1.807) is 7.05 Å². The summed E-state index contributed by atoms with van der Waals surface area (Å²) in [4.78, 5) is 22.4. The molecule has 0 fully saturated rings. The normalized spacial score (nSPS) is 10.0. The molecule has 3 N–H and O–H groups in total. The molecule has 0 unspecified atom stereocenters. The van der Waals surface area contributed by atoms with Crippen LogP contribution in [-0.2, 0) is 9.59 Å². The minimum Gasteiger partial charge on any atom is -0.491 e. The van der Waals surface area contributed by atoms with E-state index in [2.05, 4.69) is 22.0 Å². The summed E-state index contributed by atoms with van der Waals surface area (Å²) in [6, 6.07) is 5.97. The first kappa shape index (κ1) is 17.0. The van der Waals surface area contributed by atoms with Crippen molar-refractivity contribution < 1.29 is 14.3 Å². The summed E-state index contributed by atoms with van der Waals surface area (Å²) < 4.78 is 5.60. The van der Waals surface area contributed by atoms with Crippen LogP contribution >= 0.6 is 0 Å². The van der Waals surface area contributed by atoms with E-state index in [-0.39, 0.29) is 24.9 Å². The Morgan fingerprint density at radius 3 is 2.52 bits per heavy atom. The van der Waals surface area contributed by atoms with Crippen LogP contribution < -0.4 is 20.7 Å². The van der Waals surface area contributed by atoms with Gasteiger partial charge in [0.1, 0.15) is 12.4 Å². The molecule has 0 bridgehead atoms. The Morgan fingerprint density at radius 2 is 1.86 bits per heavy atom. The highest BCUT2D eigenvalue weighted by atomic mass is 16.5. The summed E-state index contributed by atoms with van der Waals surface area (Å²) >= 11 is 0. The predicted molar refractivity (Wildman–Crippen MR) is 81.4 cm³/mol. The van der Waals surface area contributed by atoms with Crippen molar-refractivity contribution in [3.63, 3.8) is 0 Å². The molecule has 1 aromatic rings. The van der Waals surface area contributed by atoms with E-state index in [1.807, 2.05) is 26.0 Å². The summed E-state index contributed by atoms with van der Waals surface area (Å²) in [5.41, 5.74) is 2.27. The molecular weight excluding hydrogens is 270 g/mol. The fraction of sp³-hybridized carbons (Fsp3) is 0.467. The molecule has 1 rings (SSSR count). The fourth-order valence-corrected chi connectivity index (χ4v) is 1.75. The third kappa shape index (κ3) is 6.76. The molecule has 0 spiro atoms. The first-order valence-corrected chi connectivity index (χ1v) is 6.91. The van der Waals surface area contributed by atoms with E-state index < -0.39 is 0 Å². The van der Waals surface area contributed by atoms with Gasteiger partial charge in [-0.1, -0.05) is 17.7 Å². The number of carbonyl (C=O) groups is 2. The first-order chi connectivity index (χ1) is 10.0. The van der Waals surface area contributed by atoms with Crippen molar-refractivity contribution in [2.45, 2.75) is 13.8 Å². The number of hydrogen-bond donors (Lipinski definition) is 3.